The molecule has 4 heteroatoms. The first-order valence-corrected chi connectivity index (χ1v) is 3.92. The van der Waals surface area contributed by atoms with Crippen LogP contribution in [0.2, 0.25) is 0 Å². The minimum Gasteiger partial charge on any atom is -0.324 e. The fourth-order valence-electron chi connectivity index (χ4n) is 1.45. The number of anilines is 1. The summed E-state index contributed by atoms with van der Waals surface area (Å²) in [7, 11) is 0. The average Bonchev–Trinajstić information content (AvgIpc) is 2.23. The molecule has 0 aromatic heterocycles. The second-order valence-electron chi connectivity index (χ2n) is 3.35. The Morgan fingerprint density at radius 3 is 2.92 bits per heavy atom. The van der Waals surface area contributed by atoms with E-state index in [9.17, 15) is 9.18 Å². The lowest BCUT2D eigenvalue weighted by Gasteiger charge is -2.14. The highest BCUT2D eigenvalue weighted by atomic mass is 19.1. The summed E-state index contributed by atoms with van der Waals surface area (Å²) in [6.07, 6.45) is 0. The monoisotopic (exact) mass is 180 g/mol. The SMILES string of the molecule is C[C@@]1(N)C(=O)Nc2cc(F)ccc21. The third-order valence-electron chi connectivity index (χ3n) is 2.26. The minimum absolute atomic E-state index is 0.298. The number of hydrogen-bond donors (Lipinski definition) is 2. The second kappa shape index (κ2) is 2.29. The zero-order chi connectivity index (χ0) is 9.64. The van der Waals surface area contributed by atoms with Crippen LogP contribution in [0.3, 0.4) is 0 Å². The van der Waals surface area contributed by atoms with E-state index in [-0.39, 0.29) is 11.7 Å². The Balaban J connectivity index is 2.62. The third-order valence-corrected chi connectivity index (χ3v) is 2.26. The molecule has 0 aliphatic carbocycles. The standard InChI is InChI=1S/C9H9FN2O/c1-9(11)6-3-2-5(10)4-7(6)12-8(9)13/h2-4H,11H2,1H3,(H,12,13)/t9-/m0/s1. The van der Waals surface area contributed by atoms with E-state index in [1.54, 1.807) is 6.92 Å². The molecule has 68 valence electrons. The molecule has 3 nitrogen and oxygen atoms in total. The van der Waals surface area contributed by atoms with Gasteiger partial charge in [-0.05, 0) is 19.1 Å². The highest BCUT2D eigenvalue weighted by Crippen LogP contribution is 2.33. The van der Waals surface area contributed by atoms with E-state index in [4.69, 9.17) is 5.73 Å². The average molecular weight is 180 g/mol. The predicted octanol–water partition coefficient (Wildman–Crippen LogP) is 0.952. The van der Waals surface area contributed by atoms with Gasteiger partial charge < -0.3 is 11.1 Å². The molecule has 0 unspecified atom stereocenters. The van der Waals surface area contributed by atoms with Crippen molar-refractivity contribution in [3.63, 3.8) is 0 Å². The van der Waals surface area contributed by atoms with Crippen molar-refractivity contribution in [2.24, 2.45) is 5.73 Å². The molecule has 0 radical (unpaired) electrons. The number of halogens is 1. The molecule has 2 rings (SSSR count). The van der Waals surface area contributed by atoms with E-state index >= 15 is 0 Å². The lowest BCUT2D eigenvalue weighted by molar-refractivity contribution is -0.120. The molecule has 3 N–H and O–H groups in total. The number of carbonyl (C=O) groups excluding carboxylic acids is 1. The molecule has 0 bridgehead atoms. The van der Waals surface area contributed by atoms with Gasteiger partial charge in [-0.3, -0.25) is 4.79 Å². The molecule has 1 aliphatic heterocycles. The van der Waals surface area contributed by atoms with Crippen LogP contribution < -0.4 is 11.1 Å². The number of fused-ring (bicyclic) bond motifs is 1. The fourth-order valence-corrected chi connectivity index (χ4v) is 1.45. The maximum atomic E-state index is 12.7. The van der Waals surface area contributed by atoms with Gasteiger partial charge in [-0.25, -0.2) is 4.39 Å². The molecule has 1 aromatic carbocycles. The van der Waals surface area contributed by atoms with E-state index in [0.29, 0.717) is 11.3 Å². The Labute approximate surface area is 74.7 Å². The number of hydrogen-bond acceptors (Lipinski definition) is 2. The summed E-state index contributed by atoms with van der Waals surface area (Å²) in [5.41, 5.74) is 5.82. The molecule has 1 heterocycles. The van der Waals surface area contributed by atoms with E-state index in [1.165, 1.54) is 18.2 Å². The van der Waals surface area contributed by atoms with Crippen molar-refractivity contribution >= 4 is 11.6 Å². The number of amides is 1. The van der Waals surface area contributed by atoms with Gasteiger partial charge in [-0.15, -0.1) is 0 Å². The molecular formula is C9H9FN2O. The van der Waals surface area contributed by atoms with Gasteiger partial charge in [0.1, 0.15) is 11.4 Å². The Hall–Kier alpha value is -1.42. The Bertz CT molecular complexity index is 387. The van der Waals surface area contributed by atoms with Gasteiger partial charge in [-0.1, -0.05) is 6.07 Å². The van der Waals surface area contributed by atoms with Crippen LogP contribution in [-0.2, 0) is 10.3 Å². The van der Waals surface area contributed by atoms with E-state index < -0.39 is 5.54 Å². The van der Waals surface area contributed by atoms with Gasteiger partial charge >= 0.3 is 0 Å². The van der Waals surface area contributed by atoms with Crippen molar-refractivity contribution in [2.45, 2.75) is 12.5 Å². The van der Waals surface area contributed by atoms with Gasteiger partial charge in [0, 0.05) is 11.3 Å². The van der Waals surface area contributed by atoms with Crippen LogP contribution in [0.25, 0.3) is 0 Å². The van der Waals surface area contributed by atoms with Crippen LogP contribution in [-0.4, -0.2) is 5.91 Å². The summed E-state index contributed by atoms with van der Waals surface area (Å²) in [4.78, 5) is 11.3. The summed E-state index contributed by atoms with van der Waals surface area (Å²) in [6, 6.07) is 4.10. The highest BCUT2D eigenvalue weighted by molar-refractivity contribution is 6.05. The Kier molecular flexibility index (Phi) is 1.44. The molecule has 0 fully saturated rings. The van der Waals surface area contributed by atoms with Gasteiger partial charge in [0.15, 0.2) is 0 Å². The maximum absolute atomic E-state index is 12.7. The van der Waals surface area contributed by atoms with Gasteiger partial charge in [-0.2, -0.15) is 0 Å². The minimum atomic E-state index is -1.04. The zero-order valence-corrected chi connectivity index (χ0v) is 7.10. The van der Waals surface area contributed by atoms with Gasteiger partial charge in [0.2, 0.25) is 5.91 Å². The number of nitrogens with two attached hydrogens (primary N) is 1. The summed E-state index contributed by atoms with van der Waals surface area (Å²) >= 11 is 0. The van der Waals surface area contributed by atoms with E-state index in [0.717, 1.165) is 0 Å². The van der Waals surface area contributed by atoms with Crippen molar-refractivity contribution in [3.8, 4) is 0 Å². The smallest absolute Gasteiger partial charge is 0.248 e. The number of carbonyl (C=O) groups is 1. The van der Waals surface area contributed by atoms with Crippen LogP contribution in [0.1, 0.15) is 12.5 Å². The third kappa shape index (κ3) is 1.02. The van der Waals surface area contributed by atoms with Gasteiger partial charge in [0.25, 0.3) is 0 Å². The van der Waals surface area contributed by atoms with E-state index in [1.807, 2.05) is 0 Å². The molecule has 1 aromatic rings. The lowest BCUT2D eigenvalue weighted by Crippen LogP contribution is -2.40. The largest absolute Gasteiger partial charge is 0.324 e. The van der Waals surface area contributed by atoms with Crippen molar-refractivity contribution in [3.05, 3.63) is 29.6 Å². The highest BCUT2D eigenvalue weighted by Gasteiger charge is 2.38. The fraction of sp³-hybridized carbons (Fsp3) is 0.222. The Morgan fingerprint density at radius 1 is 1.54 bits per heavy atom. The molecule has 0 spiro atoms. The van der Waals surface area contributed by atoms with Crippen molar-refractivity contribution in [1.29, 1.82) is 0 Å². The molecular weight excluding hydrogens is 171 g/mol. The number of benzene rings is 1. The quantitative estimate of drug-likeness (QED) is 0.624. The molecule has 1 aliphatic rings. The first-order valence-electron chi connectivity index (χ1n) is 3.92. The molecule has 13 heavy (non-hydrogen) atoms. The van der Waals surface area contributed by atoms with E-state index in [2.05, 4.69) is 5.32 Å². The topological polar surface area (TPSA) is 55.1 Å². The summed E-state index contributed by atoms with van der Waals surface area (Å²) in [5.74, 6) is -0.676. The lowest BCUT2D eigenvalue weighted by atomic mass is 9.95. The molecule has 1 amide bonds. The zero-order valence-electron chi connectivity index (χ0n) is 7.10. The van der Waals surface area contributed by atoms with Crippen molar-refractivity contribution in [2.75, 3.05) is 5.32 Å². The summed E-state index contributed by atoms with van der Waals surface area (Å²) < 4.78 is 12.7. The number of nitrogens with one attached hydrogen (secondary N) is 1. The molecule has 0 saturated carbocycles. The molecule has 0 saturated heterocycles. The van der Waals surface area contributed by atoms with Crippen molar-refractivity contribution < 1.29 is 9.18 Å². The van der Waals surface area contributed by atoms with Crippen LogP contribution in [0.4, 0.5) is 10.1 Å². The molecule has 1 atom stereocenters. The first kappa shape index (κ1) is 8.19. The van der Waals surface area contributed by atoms with Gasteiger partial charge in [0.05, 0.1) is 0 Å². The van der Waals surface area contributed by atoms with Crippen LogP contribution in [0.15, 0.2) is 18.2 Å². The van der Waals surface area contributed by atoms with Crippen LogP contribution >= 0.6 is 0 Å². The first-order chi connectivity index (χ1) is 6.01. The van der Waals surface area contributed by atoms with Crippen LogP contribution in [0.5, 0.6) is 0 Å². The van der Waals surface area contributed by atoms with Crippen LogP contribution in [0, 0.1) is 5.82 Å². The predicted molar refractivity (Wildman–Crippen MR) is 46.6 cm³/mol. The maximum Gasteiger partial charge on any atom is 0.248 e. The summed E-state index contributed by atoms with van der Waals surface area (Å²) in [5, 5.41) is 2.52. The Morgan fingerprint density at radius 2 is 2.23 bits per heavy atom. The van der Waals surface area contributed by atoms with Crippen molar-refractivity contribution in [1.82, 2.24) is 0 Å². The second-order valence-corrected chi connectivity index (χ2v) is 3.35. The number of rotatable bonds is 0. The normalized spacial score (nSPS) is 25.6. The summed E-state index contributed by atoms with van der Waals surface area (Å²) in [6.45, 7) is 1.60.